The molecule has 1 fully saturated rings. The molecular weight excluding hydrogens is 352 g/mol. The second kappa shape index (κ2) is 12.7. The van der Waals surface area contributed by atoms with E-state index >= 15 is 0 Å². The van der Waals surface area contributed by atoms with Crippen molar-refractivity contribution < 1.29 is 5.11 Å². The molecule has 1 atom stereocenters. The van der Waals surface area contributed by atoms with Crippen molar-refractivity contribution in [2.75, 3.05) is 0 Å². The molecule has 1 N–H and O–H groups in total. The quantitative estimate of drug-likeness (QED) is 0.349. The smallest absolute Gasteiger partial charge is 0.115 e. The number of hydrogen-bond acceptors (Lipinski definition) is 1. The molecule has 1 saturated carbocycles. The summed E-state index contributed by atoms with van der Waals surface area (Å²) in [7, 11) is 0. The minimum Gasteiger partial charge on any atom is -0.508 e. The minimum atomic E-state index is 0.436. The van der Waals surface area contributed by atoms with Gasteiger partial charge in [-0.1, -0.05) is 103 Å². The van der Waals surface area contributed by atoms with E-state index in [-0.39, 0.29) is 0 Å². The average molecular weight is 399 g/mol. The molecule has 0 amide bonds. The molecule has 0 aliphatic heterocycles. The first-order valence-corrected chi connectivity index (χ1v) is 13.1. The Balaban J connectivity index is 1.22. The number of unbranched alkanes of at least 4 members (excludes halogenated alkanes) is 7. The highest BCUT2D eigenvalue weighted by atomic mass is 16.3. The Morgan fingerprint density at radius 2 is 1.31 bits per heavy atom. The number of phenols is 1. The van der Waals surface area contributed by atoms with Crippen LogP contribution in [0.4, 0.5) is 0 Å². The first-order chi connectivity index (χ1) is 14.2. The molecular formula is C28H46O. The van der Waals surface area contributed by atoms with Crippen molar-refractivity contribution in [1.29, 1.82) is 0 Å². The summed E-state index contributed by atoms with van der Waals surface area (Å²) in [6.07, 6.45) is 25.8. The molecule has 1 nitrogen and oxygen atoms in total. The van der Waals surface area contributed by atoms with Gasteiger partial charge < -0.3 is 5.11 Å². The minimum absolute atomic E-state index is 0.436. The summed E-state index contributed by atoms with van der Waals surface area (Å²) >= 11 is 0. The summed E-state index contributed by atoms with van der Waals surface area (Å²) < 4.78 is 0. The van der Waals surface area contributed by atoms with Crippen LogP contribution in [0.15, 0.2) is 18.2 Å². The van der Waals surface area contributed by atoms with Gasteiger partial charge in [-0.3, -0.25) is 0 Å². The lowest BCUT2D eigenvalue weighted by molar-refractivity contribution is 0.233. The topological polar surface area (TPSA) is 20.2 Å². The maximum Gasteiger partial charge on any atom is 0.115 e. The van der Waals surface area contributed by atoms with Gasteiger partial charge in [-0.2, -0.15) is 0 Å². The molecule has 1 aromatic rings. The van der Waals surface area contributed by atoms with Crippen molar-refractivity contribution in [2.45, 2.75) is 122 Å². The molecule has 0 saturated heterocycles. The van der Waals surface area contributed by atoms with Crippen LogP contribution in [0.5, 0.6) is 5.75 Å². The van der Waals surface area contributed by atoms with E-state index in [4.69, 9.17) is 0 Å². The maximum absolute atomic E-state index is 9.67. The van der Waals surface area contributed by atoms with Crippen LogP contribution >= 0.6 is 0 Å². The maximum atomic E-state index is 9.67. The zero-order chi connectivity index (χ0) is 20.3. The van der Waals surface area contributed by atoms with Crippen LogP contribution in [0, 0.1) is 17.8 Å². The molecule has 1 unspecified atom stereocenters. The zero-order valence-electron chi connectivity index (χ0n) is 19.1. The monoisotopic (exact) mass is 398 g/mol. The van der Waals surface area contributed by atoms with E-state index in [1.165, 1.54) is 127 Å². The summed E-state index contributed by atoms with van der Waals surface area (Å²) in [5.74, 6) is 3.36. The van der Waals surface area contributed by atoms with Gasteiger partial charge in [0, 0.05) is 0 Å². The number of phenolic OH excluding ortho intramolecular Hbond substituents is 1. The molecule has 0 bridgehead atoms. The van der Waals surface area contributed by atoms with E-state index in [2.05, 4.69) is 13.0 Å². The van der Waals surface area contributed by atoms with Gasteiger partial charge in [-0.05, 0) is 66.7 Å². The van der Waals surface area contributed by atoms with Gasteiger partial charge >= 0.3 is 0 Å². The lowest BCUT2D eigenvalue weighted by atomic mass is 9.75. The second-order valence-electron chi connectivity index (χ2n) is 10.3. The molecule has 29 heavy (non-hydrogen) atoms. The predicted octanol–water partition coefficient (Wildman–Crippen LogP) is 8.61. The molecule has 0 radical (unpaired) electrons. The van der Waals surface area contributed by atoms with Gasteiger partial charge in [0.05, 0.1) is 0 Å². The van der Waals surface area contributed by atoms with Crippen molar-refractivity contribution in [3.8, 4) is 5.75 Å². The Morgan fingerprint density at radius 3 is 2.03 bits per heavy atom. The summed E-state index contributed by atoms with van der Waals surface area (Å²) in [5.41, 5.74) is 2.89. The van der Waals surface area contributed by atoms with Crippen molar-refractivity contribution >= 4 is 0 Å². The highest BCUT2D eigenvalue weighted by Gasteiger charge is 2.23. The molecule has 0 aromatic heterocycles. The van der Waals surface area contributed by atoms with Crippen molar-refractivity contribution in [3.63, 3.8) is 0 Å². The van der Waals surface area contributed by atoms with Gasteiger partial charge in [0.1, 0.15) is 5.75 Å². The normalized spacial score (nSPS) is 24.4. The van der Waals surface area contributed by atoms with E-state index in [1.807, 2.05) is 12.1 Å². The van der Waals surface area contributed by atoms with Gasteiger partial charge in [-0.15, -0.1) is 0 Å². The van der Waals surface area contributed by atoms with Crippen LogP contribution in [0.25, 0.3) is 0 Å². The van der Waals surface area contributed by atoms with Gasteiger partial charge in [0.15, 0.2) is 0 Å². The number of fused-ring (bicyclic) bond motifs is 1. The Bertz CT molecular complexity index is 570. The summed E-state index contributed by atoms with van der Waals surface area (Å²) in [4.78, 5) is 0. The first-order valence-electron chi connectivity index (χ1n) is 13.1. The lowest BCUT2D eigenvalue weighted by Gasteiger charge is -2.31. The molecule has 3 rings (SSSR count). The van der Waals surface area contributed by atoms with Crippen LogP contribution in [-0.4, -0.2) is 5.11 Å². The molecule has 0 spiro atoms. The van der Waals surface area contributed by atoms with Crippen molar-refractivity contribution in [1.82, 2.24) is 0 Å². The van der Waals surface area contributed by atoms with Gasteiger partial charge in [0.2, 0.25) is 0 Å². The zero-order valence-corrected chi connectivity index (χ0v) is 19.1. The fourth-order valence-electron chi connectivity index (χ4n) is 5.91. The van der Waals surface area contributed by atoms with Crippen LogP contribution in [0.1, 0.15) is 121 Å². The van der Waals surface area contributed by atoms with Crippen molar-refractivity contribution in [3.05, 3.63) is 29.3 Å². The van der Waals surface area contributed by atoms with Crippen LogP contribution in [-0.2, 0) is 12.8 Å². The third kappa shape index (κ3) is 7.99. The Labute approximate surface area is 180 Å². The summed E-state index contributed by atoms with van der Waals surface area (Å²) in [5, 5.41) is 9.67. The number of aromatic hydroxyl groups is 1. The molecule has 2 aliphatic rings. The predicted molar refractivity (Wildman–Crippen MR) is 126 cm³/mol. The molecule has 1 heteroatoms. The van der Waals surface area contributed by atoms with Crippen LogP contribution in [0.2, 0.25) is 0 Å². The Morgan fingerprint density at radius 1 is 0.690 bits per heavy atom. The van der Waals surface area contributed by atoms with Gasteiger partial charge in [0.25, 0.3) is 0 Å². The molecule has 2 aliphatic carbocycles. The molecule has 0 heterocycles. The van der Waals surface area contributed by atoms with Crippen molar-refractivity contribution in [2.24, 2.45) is 17.8 Å². The first kappa shape index (κ1) is 22.7. The van der Waals surface area contributed by atoms with Crippen LogP contribution < -0.4 is 0 Å². The summed E-state index contributed by atoms with van der Waals surface area (Å²) in [6, 6.07) is 6.02. The molecule has 164 valence electrons. The number of aryl methyl sites for hydroxylation is 1. The third-order valence-corrected chi connectivity index (χ3v) is 7.94. The van der Waals surface area contributed by atoms with Crippen LogP contribution in [0.3, 0.4) is 0 Å². The van der Waals surface area contributed by atoms with E-state index in [0.717, 1.165) is 17.8 Å². The highest BCUT2D eigenvalue weighted by Crippen LogP contribution is 2.37. The van der Waals surface area contributed by atoms with E-state index < -0.39 is 0 Å². The third-order valence-electron chi connectivity index (χ3n) is 7.94. The largest absolute Gasteiger partial charge is 0.508 e. The summed E-state index contributed by atoms with van der Waals surface area (Å²) in [6.45, 7) is 2.30. The number of benzene rings is 1. The lowest BCUT2D eigenvalue weighted by Crippen LogP contribution is -2.18. The van der Waals surface area contributed by atoms with E-state index in [0.29, 0.717) is 5.75 Å². The molecule has 1 aromatic carbocycles. The van der Waals surface area contributed by atoms with E-state index in [1.54, 1.807) is 0 Å². The SMILES string of the molecule is CCCCCCCCCCC1CCC(CCC2CCc3cc(O)ccc3C2)CC1. The van der Waals surface area contributed by atoms with Gasteiger partial charge in [-0.25, -0.2) is 0 Å². The number of rotatable bonds is 12. The average Bonchev–Trinajstić information content (AvgIpc) is 2.75. The second-order valence-corrected chi connectivity index (χ2v) is 10.3. The van der Waals surface area contributed by atoms with E-state index in [9.17, 15) is 5.11 Å². The fraction of sp³-hybridized carbons (Fsp3) is 0.786. The number of hydrogen-bond donors (Lipinski definition) is 1. The highest BCUT2D eigenvalue weighted by molar-refractivity contribution is 5.36. The Hall–Kier alpha value is -0.980. The fourth-order valence-corrected chi connectivity index (χ4v) is 5.91. The Kier molecular flexibility index (Phi) is 9.91. The standard InChI is InChI=1S/C28H46O/c1-2-3-4-5-6-7-8-9-10-23-11-13-24(14-12-23)15-16-25-17-18-27-22-28(29)20-19-26(27)21-25/h19-20,22-25,29H,2-18,21H2,1H3.